The minimum absolute atomic E-state index is 0.255. The number of hydrogen-bond donors (Lipinski definition) is 2. The summed E-state index contributed by atoms with van der Waals surface area (Å²) in [6.07, 6.45) is 1.72. The van der Waals surface area contributed by atoms with Gasteiger partial charge in [0.15, 0.2) is 0 Å². The Balaban J connectivity index is 3.55. The van der Waals surface area contributed by atoms with Gasteiger partial charge in [-0.2, -0.15) is 11.8 Å². The molecule has 0 aliphatic rings. The van der Waals surface area contributed by atoms with E-state index >= 15 is 0 Å². The normalized spacial score (nSPS) is 13.7. The summed E-state index contributed by atoms with van der Waals surface area (Å²) in [5.41, 5.74) is 1.52. The van der Waals surface area contributed by atoms with Crippen LogP contribution in [-0.4, -0.2) is 58.0 Å². The third-order valence-electron chi connectivity index (χ3n) is 5.16. The number of amides is 3. The fraction of sp³-hybridized carbons (Fsp3) is 0.667. The van der Waals surface area contributed by atoms with E-state index < -0.39 is 29.3 Å². The number of aryl methyl sites for hydroxylation is 2. The van der Waals surface area contributed by atoms with Crippen LogP contribution >= 0.6 is 11.8 Å². The maximum atomic E-state index is 14.0. The van der Waals surface area contributed by atoms with E-state index in [1.807, 2.05) is 72.9 Å². The van der Waals surface area contributed by atoms with Crippen LogP contribution in [0.5, 0.6) is 0 Å². The van der Waals surface area contributed by atoms with Crippen LogP contribution in [0.1, 0.15) is 84.5 Å². The second-order valence-corrected chi connectivity index (χ2v) is 12.3. The number of ether oxygens (including phenoxy) is 1. The van der Waals surface area contributed by atoms with Crippen molar-refractivity contribution in [2.75, 3.05) is 12.0 Å². The molecule has 0 radical (unpaired) electrons. The van der Waals surface area contributed by atoms with Gasteiger partial charge in [-0.05, 0) is 98.8 Å². The zero-order valence-corrected chi connectivity index (χ0v) is 24.2. The van der Waals surface area contributed by atoms with E-state index in [2.05, 4.69) is 10.6 Å². The molecule has 2 atom stereocenters. The quantitative estimate of drug-likeness (QED) is 0.483. The van der Waals surface area contributed by atoms with Crippen molar-refractivity contribution >= 4 is 29.7 Å². The highest BCUT2D eigenvalue weighted by Gasteiger charge is 2.39. The summed E-state index contributed by atoms with van der Waals surface area (Å²) < 4.78 is 5.42. The monoisotopic (exact) mass is 507 g/mol. The summed E-state index contributed by atoms with van der Waals surface area (Å²) in [6, 6.07) is 3.95. The third kappa shape index (κ3) is 10.1. The molecule has 0 saturated carbocycles. The van der Waals surface area contributed by atoms with Crippen LogP contribution in [0.3, 0.4) is 0 Å². The average molecular weight is 508 g/mol. The standard InChI is InChI=1S/C27H45N3O4S/c1-17(2)30(24(32)21(14-15-35-11)28-25(33)34-27(8,9)10)22(23(31)29-26(5,6)7)20-16-18(3)12-13-19(20)4/h12-13,16-17,21-22H,14-15H2,1-11H3,(H,28,33)(H,29,31). The van der Waals surface area contributed by atoms with E-state index in [-0.39, 0.29) is 17.9 Å². The van der Waals surface area contributed by atoms with Gasteiger partial charge < -0.3 is 20.3 Å². The van der Waals surface area contributed by atoms with E-state index in [1.54, 1.807) is 37.4 Å². The highest BCUT2D eigenvalue weighted by atomic mass is 32.2. The predicted molar refractivity (Wildman–Crippen MR) is 145 cm³/mol. The first-order chi connectivity index (χ1) is 16.0. The first kappa shape index (κ1) is 30.8. The molecule has 0 fully saturated rings. The van der Waals surface area contributed by atoms with Crippen molar-refractivity contribution in [3.63, 3.8) is 0 Å². The Bertz CT molecular complexity index is 887. The number of alkyl carbamates (subject to hydrolysis) is 1. The Morgan fingerprint density at radius 3 is 2.14 bits per heavy atom. The minimum Gasteiger partial charge on any atom is -0.444 e. The molecular weight excluding hydrogens is 462 g/mol. The largest absolute Gasteiger partial charge is 0.444 e. The first-order valence-corrected chi connectivity index (χ1v) is 13.6. The molecule has 0 spiro atoms. The molecular formula is C27H45N3O4S. The van der Waals surface area contributed by atoms with Crippen molar-refractivity contribution in [3.8, 4) is 0 Å². The molecule has 1 rings (SSSR count). The van der Waals surface area contributed by atoms with Crippen molar-refractivity contribution in [3.05, 3.63) is 34.9 Å². The van der Waals surface area contributed by atoms with Gasteiger partial charge >= 0.3 is 6.09 Å². The number of carbonyl (C=O) groups is 3. The number of carbonyl (C=O) groups excluding carboxylic acids is 3. The molecule has 8 heteroatoms. The Morgan fingerprint density at radius 2 is 1.66 bits per heavy atom. The molecule has 0 aliphatic carbocycles. The van der Waals surface area contributed by atoms with Crippen molar-refractivity contribution in [2.45, 2.75) is 105 Å². The van der Waals surface area contributed by atoms with E-state index in [0.717, 1.165) is 16.7 Å². The van der Waals surface area contributed by atoms with Crippen LogP contribution in [0.15, 0.2) is 18.2 Å². The number of thioether (sulfide) groups is 1. The summed E-state index contributed by atoms with van der Waals surface area (Å²) in [7, 11) is 0. The van der Waals surface area contributed by atoms with Gasteiger partial charge in [0.1, 0.15) is 17.7 Å². The lowest BCUT2D eigenvalue weighted by Gasteiger charge is -2.39. The smallest absolute Gasteiger partial charge is 0.408 e. The zero-order chi connectivity index (χ0) is 27.1. The number of nitrogens with zero attached hydrogens (tertiary/aromatic N) is 1. The third-order valence-corrected chi connectivity index (χ3v) is 5.81. The summed E-state index contributed by atoms with van der Waals surface area (Å²) >= 11 is 1.59. The summed E-state index contributed by atoms with van der Waals surface area (Å²) in [4.78, 5) is 41.9. The molecule has 1 aromatic rings. The second kappa shape index (κ2) is 12.7. The van der Waals surface area contributed by atoms with E-state index in [0.29, 0.717) is 12.2 Å². The lowest BCUT2D eigenvalue weighted by Crippen LogP contribution is -2.56. The number of nitrogens with one attached hydrogen (secondary N) is 2. The van der Waals surface area contributed by atoms with Crippen LogP contribution < -0.4 is 10.6 Å². The minimum atomic E-state index is -0.848. The fourth-order valence-corrected chi connectivity index (χ4v) is 4.18. The SMILES string of the molecule is CSCCC(NC(=O)OC(C)(C)C)C(=O)N(C(C)C)C(C(=O)NC(C)(C)C)c1cc(C)ccc1C. The summed E-state index contributed by atoms with van der Waals surface area (Å²) in [6.45, 7) is 18.8. The van der Waals surface area contributed by atoms with E-state index in [4.69, 9.17) is 4.74 Å². The Labute approximate surface area is 216 Å². The van der Waals surface area contributed by atoms with Gasteiger partial charge in [-0.3, -0.25) is 9.59 Å². The Kier molecular flexibility index (Phi) is 11.1. The summed E-state index contributed by atoms with van der Waals surface area (Å²) in [5, 5.41) is 5.83. The zero-order valence-electron chi connectivity index (χ0n) is 23.4. The first-order valence-electron chi connectivity index (χ1n) is 12.2. The van der Waals surface area contributed by atoms with Gasteiger partial charge in [-0.25, -0.2) is 4.79 Å². The molecule has 0 saturated heterocycles. The lowest BCUT2D eigenvalue weighted by atomic mass is 9.94. The molecule has 1 aromatic carbocycles. The highest BCUT2D eigenvalue weighted by molar-refractivity contribution is 7.98. The summed E-state index contributed by atoms with van der Waals surface area (Å²) in [5.74, 6) is 0.101. The molecule has 0 heterocycles. The van der Waals surface area contributed by atoms with Crippen molar-refractivity contribution in [1.82, 2.24) is 15.5 Å². The van der Waals surface area contributed by atoms with Crippen LogP contribution in [0.2, 0.25) is 0 Å². The van der Waals surface area contributed by atoms with Gasteiger partial charge in [-0.15, -0.1) is 0 Å². The molecule has 0 aliphatic heterocycles. The van der Waals surface area contributed by atoms with Gasteiger partial charge in [-0.1, -0.05) is 23.8 Å². The Hall–Kier alpha value is -2.22. The van der Waals surface area contributed by atoms with E-state index in [1.165, 1.54) is 0 Å². The van der Waals surface area contributed by atoms with Crippen LogP contribution in [0.25, 0.3) is 0 Å². The molecule has 198 valence electrons. The molecule has 0 aromatic heterocycles. The Morgan fingerprint density at radius 1 is 1.06 bits per heavy atom. The van der Waals surface area contributed by atoms with Crippen LogP contribution in [0, 0.1) is 13.8 Å². The van der Waals surface area contributed by atoms with Crippen molar-refractivity contribution in [2.24, 2.45) is 0 Å². The van der Waals surface area contributed by atoms with Crippen LogP contribution in [0.4, 0.5) is 4.79 Å². The molecule has 0 bridgehead atoms. The van der Waals surface area contributed by atoms with Crippen molar-refractivity contribution < 1.29 is 19.1 Å². The average Bonchev–Trinajstić information content (AvgIpc) is 2.67. The molecule has 3 amide bonds. The second-order valence-electron chi connectivity index (χ2n) is 11.3. The van der Waals surface area contributed by atoms with Crippen molar-refractivity contribution in [1.29, 1.82) is 0 Å². The maximum Gasteiger partial charge on any atom is 0.408 e. The van der Waals surface area contributed by atoms with Gasteiger partial charge in [0.05, 0.1) is 0 Å². The number of hydrogen-bond acceptors (Lipinski definition) is 5. The van der Waals surface area contributed by atoms with Gasteiger partial charge in [0.25, 0.3) is 0 Å². The maximum absolute atomic E-state index is 14.0. The topological polar surface area (TPSA) is 87.7 Å². The highest BCUT2D eigenvalue weighted by Crippen LogP contribution is 2.29. The number of rotatable bonds is 9. The predicted octanol–water partition coefficient (Wildman–Crippen LogP) is 5.14. The molecule has 2 N–H and O–H groups in total. The lowest BCUT2D eigenvalue weighted by molar-refractivity contribution is -0.145. The molecule has 35 heavy (non-hydrogen) atoms. The van der Waals surface area contributed by atoms with Gasteiger partial charge in [0, 0.05) is 11.6 Å². The van der Waals surface area contributed by atoms with E-state index in [9.17, 15) is 14.4 Å². The fourth-order valence-electron chi connectivity index (χ4n) is 3.71. The van der Waals surface area contributed by atoms with Gasteiger partial charge in [0.2, 0.25) is 11.8 Å². The molecule has 2 unspecified atom stereocenters. The molecule has 7 nitrogen and oxygen atoms in total. The van der Waals surface area contributed by atoms with Crippen LogP contribution in [-0.2, 0) is 14.3 Å². The number of benzene rings is 1.